The number of benzene rings is 4. The second kappa shape index (κ2) is 8.20. The lowest BCUT2D eigenvalue weighted by molar-refractivity contribution is 0.102. The van der Waals surface area contributed by atoms with Gasteiger partial charge in [0.25, 0.3) is 15.9 Å². The zero-order valence-corrected chi connectivity index (χ0v) is 17.4. The molecule has 0 fully saturated rings. The molecule has 4 rings (SSSR count). The molecule has 7 heteroatoms. The number of hydrogen-bond acceptors (Lipinski definition) is 3. The number of sulfonamides is 1. The van der Waals surface area contributed by atoms with Crippen LogP contribution in [-0.2, 0) is 10.0 Å². The largest absolute Gasteiger partial charge is 0.321 e. The van der Waals surface area contributed by atoms with Crippen LogP contribution in [-0.4, -0.2) is 21.4 Å². The van der Waals surface area contributed by atoms with E-state index in [1.54, 1.807) is 12.1 Å². The third-order valence-corrected chi connectivity index (χ3v) is 6.75. The van der Waals surface area contributed by atoms with Crippen molar-refractivity contribution in [3.63, 3.8) is 0 Å². The fraction of sp³-hybridized carbons (Fsp3) is 0.0417. The van der Waals surface area contributed by atoms with Crippen LogP contribution in [0.5, 0.6) is 0 Å². The molecule has 156 valence electrons. The van der Waals surface area contributed by atoms with Crippen molar-refractivity contribution >= 4 is 38.1 Å². The molecule has 5 nitrogen and oxygen atoms in total. The number of carbonyl (C=O) groups excluding carboxylic acids is 1. The molecule has 0 spiro atoms. The Morgan fingerprint density at radius 1 is 0.871 bits per heavy atom. The minimum Gasteiger partial charge on any atom is -0.321 e. The van der Waals surface area contributed by atoms with E-state index in [1.165, 1.54) is 49.5 Å². The summed E-state index contributed by atoms with van der Waals surface area (Å²) in [6, 6.07) is 24.5. The molecule has 0 aromatic heterocycles. The number of fused-ring (bicyclic) bond motifs is 1. The van der Waals surface area contributed by atoms with Crippen LogP contribution in [0.4, 0.5) is 15.8 Å². The quantitative estimate of drug-likeness (QED) is 0.478. The maximum atomic E-state index is 14.1. The highest BCUT2D eigenvalue weighted by molar-refractivity contribution is 7.92. The maximum Gasteiger partial charge on any atom is 0.264 e. The smallest absolute Gasteiger partial charge is 0.264 e. The summed E-state index contributed by atoms with van der Waals surface area (Å²) in [5.74, 6) is -1.10. The van der Waals surface area contributed by atoms with Crippen LogP contribution in [0.1, 0.15) is 10.4 Å². The van der Waals surface area contributed by atoms with E-state index in [4.69, 9.17) is 0 Å². The van der Waals surface area contributed by atoms with Gasteiger partial charge in [-0.05, 0) is 41.8 Å². The van der Waals surface area contributed by atoms with Crippen LogP contribution in [0, 0.1) is 5.82 Å². The lowest BCUT2D eigenvalue weighted by Gasteiger charge is -2.20. The van der Waals surface area contributed by atoms with Crippen LogP contribution >= 0.6 is 0 Å². The third kappa shape index (κ3) is 4.00. The van der Waals surface area contributed by atoms with E-state index < -0.39 is 21.7 Å². The number of hydrogen-bond donors (Lipinski definition) is 1. The fourth-order valence-corrected chi connectivity index (χ4v) is 4.57. The van der Waals surface area contributed by atoms with Crippen LogP contribution in [0.15, 0.2) is 95.9 Å². The van der Waals surface area contributed by atoms with Gasteiger partial charge in [-0.1, -0.05) is 54.6 Å². The van der Waals surface area contributed by atoms with E-state index in [0.29, 0.717) is 5.69 Å². The number of anilines is 2. The van der Waals surface area contributed by atoms with E-state index in [2.05, 4.69) is 5.32 Å². The molecule has 1 amide bonds. The predicted molar refractivity (Wildman–Crippen MR) is 120 cm³/mol. The Morgan fingerprint density at radius 2 is 1.55 bits per heavy atom. The average Bonchev–Trinajstić information content (AvgIpc) is 2.79. The Bertz CT molecular complexity index is 1380. The average molecular weight is 434 g/mol. The van der Waals surface area contributed by atoms with Gasteiger partial charge < -0.3 is 5.32 Å². The van der Waals surface area contributed by atoms with Crippen LogP contribution < -0.4 is 9.62 Å². The van der Waals surface area contributed by atoms with E-state index in [9.17, 15) is 17.6 Å². The molecule has 0 radical (unpaired) electrons. The first-order chi connectivity index (χ1) is 14.9. The molecular formula is C24H19FN2O3S. The summed E-state index contributed by atoms with van der Waals surface area (Å²) >= 11 is 0. The standard InChI is InChI=1S/C24H19FN2O3S/c1-27(23-15-5-4-13-21(23)25)31(29,30)19-11-6-10-18(16-19)24(28)26-22-14-7-9-17-8-2-3-12-20(17)22/h2-16H,1H3,(H,26,28). The number of rotatable bonds is 5. The van der Waals surface area contributed by atoms with Gasteiger partial charge in [0.05, 0.1) is 10.6 Å². The van der Waals surface area contributed by atoms with Gasteiger partial charge in [-0.15, -0.1) is 0 Å². The van der Waals surface area contributed by atoms with Crippen LogP contribution in [0.2, 0.25) is 0 Å². The van der Waals surface area contributed by atoms with Crippen molar-refractivity contribution in [2.45, 2.75) is 4.90 Å². The molecule has 0 aliphatic heterocycles. The molecule has 0 atom stereocenters. The molecule has 4 aromatic carbocycles. The third-order valence-electron chi connectivity index (χ3n) is 4.98. The molecule has 4 aromatic rings. The summed E-state index contributed by atoms with van der Waals surface area (Å²) in [5.41, 5.74) is 0.726. The Hall–Kier alpha value is -3.71. The number of para-hydroxylation sites is 1. The van der Waals surface area contributed by atoms with Gasteiger partial charge in [0.15, 0.2) is 0 Å². The van der Waals surface area contributed by atoms with Gasteiger partial charge in [-0.2, -0.15) is 0 Å². The van der Waals surface area contributed by atoms with Gasteiger partial charge in [-0.25, -0.2) is 12.8 Å². The Morgan fingerprint density at radius 3 is 2.35 bits per heavy atom. The van der Waals surface area contributed by atoms with E-state index in [-0.39, 0.29) is 16.1 Å². The van der Waals surface area contributed by atoms with Crippen LogP contribution in [0.25, 0.3) is 10.8 Å². The van der Waals surface area contributed by atoms with Crippen molar-refractivity contribution in [2.75, 3.05) is 16.7 Å². The van der Waals surface area contributed by atoms with Crippen molar-refractivity contribution in [3.8, 4) is 0 Å². The number of nitrogens with one attached hydrogen (secondary N) is 1. The summed E-state index contributed by atoms with van der Waals surface area (Å²) in [4.78, 5) is 12.7. The number of carbonyl (C=O) groups is 1. The lowest BCUT2D eigenvalue weighted by Crippen LogP contribution is -2.27. The van der Waals surface area contributed by atoms with Crippen molar-refractivity contribution in [1.29, 1.82) is 0 Å². The highest BCUT2D eigenvalue weighted by Crippen LogP contribution is 2.26. The molecule has 31 heavy (non-hydrogen) atoms. The van der Waals surface area contributed by atoms with E-state index >= 15 is 0 Å². The van der Waals surface area contributed by atoms with Crippen molar-refractivity contribution < 1.29 is 17.6 Å². The molecule has 0 aliphatic rings. The molecule has 0 saturated heterocycles. The Balaban J connectivity index is 1.65. The normalized spacial score (nSPS) is 11.3. The van der Waals surface area contributed by atoms with Crippen molar-refractivity contribution in [1.82, 2.24) is 0 Å². The minimum atomic E-state index is -4.06. The summed E-state index contributed by atoms with van der Waals surface area (Å²) in [6.45, 7) is 0. The van der Waals surface area contributed by atoms with Crippen LogP contribution in [0.3, 0.4) is 0 Å². The first-order valence-electron chi connectivity index (χ1n) is 9.50. The van der Waals surface area contributed by atoms with E-state index in [0.717, 1.165) is 15.1 Å². The predicted octanol–water partition coefficient (Wildman–Crippen LogP) is 5.06. The Labute approximate surface area is 179 Å². The Kier molecular flexibility index (Phi) is 5.44. The number of amides is 1. The number of nitrogens with zero attached hydrogens (tertiary/aromatic N) is 1. The van der Waals surface area contributed by atoms with Crippen molar-refractivity contribution in [2.24, 2.45) is 0 Å². The molecule has 1 N–H and O–H groups in total. The maximum absolute atomic E-state index is 14.1. The molecular weight excluding hydrogens is 415 g/mol. The summed E-state index contributed by atoms with van der Waals surface area (Å²) in [5, 5.41) is 4.69. The van der Waals surface area contributed by atoms with Gasteiger partial charge in [-0.3, -0.25) is 9.10 Å². The second-order valence-corrected chi connectivity index (χ2v) is 8.90. The fourth-order valence-electron chi connectivity index (χ4n) is 3.32. The minimum absolute atomic E-state index is 0.0758. The first kappa shape index (κ1) is 20.6. The SMILES string of the molecule is CN(c1ccccc1F)S(=O)(=O)c1cccc(C(=O)Nc2cccc3ccccc23)c1. The molecule has 0 bridgehead atoms. The van der Waals surface area contributed by atoms with E-state index in [1.807, 2.05) is 36.4 Å². The van der Waals surface area contributed by atoms with Gasteiger partial charge in [0.1, 0.15) is 5.82 Å². The molecule has 0 heterocycles. The van der Waals surface area contributed by atoms with Gasteiger partial charge >= 0.3 is 0 Å². The second-order valence-electron chi connectivity index (χ2n) is 6.93. The molecule has 0 unspecified atom stereocenters. The summed E-state index contributed by atoms with van der Waals surface area (Å²) in [7, 11) is -2.79. The highest BCUT2D eigenvalue weighted by Gasteiger charge is 2.24. The monoisotopic (exact) mass is 434 g/mol. The molecule has 0 aliphatic carbocycles. The van der Waals surface area contributed by atoms with Gasteiger partial charge in [0.2, 0.25) is 0 Å². The summed E-state index contributed by atoms with van der Waals surface area (Å²) < 4.78 is 41.0. The lowest BCUT2D eigenvalue weighted by atomic mass is 10.1. The first-order valence-corrected chi connectivity index (χ1v) is 10.9. The highest BCUT2D eigenvalue weighted by atomic mass is 32.2. The summed E-state index contributed by atoms with van der Waals surface area (Å²) in [6.07, 6.45) is 0. The zero-order valence-electron chi connectivity index (χ0n) is 16.6. The topological polar surface area (TPSA) is 66.5 Å². The molecule has 0 saturated carbocycles. The number of halogens is 1. The van der Waals surface area contributed by atoms with Gasteiger partial charge in [0, 0.05) is 23.7 Å². The zero-order chi connectivity index (χ0) is 22.0. The van der Waals surface area contributed by atoms with Crippen molar-refractivity contribution in [3.05, 3.63) is 102 Å².